The number of carbonyl (C=O) groups is 2. The Morgan fingerprint density at radius 1 is 1.42 bits per heavy atom. The van der Waals surface area contributed by atoms with Crippen molar-refractivity contribution in [1.29, 1.82) is 0 Å². The summed E-state index contributed by atoms with van der Waals surface area (Å²) in [5.41, 5.74) is 5.74. The summed E-state index contributed by atoms with van der Waals surface area (Å²) >= 11 is 0. The molecule has 1 unspecified atom stereocenters. The average Bonchev–Trinajstić information content (AvgIpc) is 2.58. The Bertz CT molecular complexity index is 628. The first kappa shape index (κ1) is 16.5. The van der Waals surface area contributed by atoms with Gasteiger partial charge in [0, 0.05) is 0 Å². The van der Waals surface area contributed by atoms with Gasteiger partial charge in [0.25, 0.3) is 5.91 Å². The van der Waals surface area contributed by atoms with Gasteiger partial charge in [-0.3, -0.25) is 9.69 Å². The summed E-state index contributed by atoms with van der Waals surface area (Å²) < 4.78 is 11.0. The Morgan fingerprint density at radius 3 is 2.88 bits per heavy atom. The van der Waals surface area contributed by atoms with Crippen LogP contribution in [-0.4, -0.2) is 35.6 Å². The maximum absolute atomic E-state index is 12.7. The largest absolute Gasteiger partial charge is 0.480 e. The Labute approximate surface area is 141 Å². The molecule has 7 heteroatoms. The Hall–Kier alpha value is -2.31. The molecule has 2 N–H and O–H groups in total. The minimum absolute atomic E-state index is 0.0512. The molecule has 0 saturated heterocycles. The second kappa shape index (κ2) is 7.07. The van der Waals surface area contributed by atoms with Crippen LogP contribution in [0.2, 0.25) is 0 Å². The van der Waals surface area contributed by atoms with Gasteiger partial charge in [0.1, 0.15) is 18.0 Å². The first-order valence-corrected chi connectivity index (χ1v) is 8.52. The summed E-state index contributed by atoms with van der Waals surface area (Å²) in [5.74, 6) is 0.321. The predicted molar refractivity (Wildman–Crippen MR) is 88.7 cm³/mol. The zero-order chi connectivity index (χ0) is 17.1. The zero-order valence-electron chi connectivity index (χ0n) is 13.9. The smallest absolute Gasteiger partial charge is 0.329 e. The normalized spacial score (nSPS) is 19.4. The van der Waals surface area contributed by atoms with Crippen LogP contribution >= 0.6 is 0 Å². The van der Waals surface area contributed by atoms with Crippen LogP contribution < -0.4 is 15.4 Å². The van der Waals surface area contributed by atoms with Crippen molar-refractivity contribution in [2.24, 2.45) is 0 Å². The number of nitrogen functional groups attached to an aromatic ring is 1. The lowest BCUT2D eigenvalue weighted by atomic mass is 9.98. The molecule has 0 spiro atoms. The minimum atomic E-state index is -0.712. The van der Waals surface area contributed by atoms with Crippen molar-refractivity contribution in [3.63, 3.8) is 0 Å². The lowest BCUT2D eigenvalue weighted by Crippen LogP contribution is -2.50. The summed E-state index contributed by atoms with van der Waals surface area (Å²) in [6.45, 7) is 1.73. The fourth-order valence-corrected chi connectivity index (χ4v) is 3.26. The van der Waals surface area contributed by atoms with E-state index in [1.807, 2.05) is 6.92 Å². The SMILES string of the molecule is CCC(C(=O)OC1CCCCC1)N1C(=O)COc2ccc(N)nc21. The van der Waals surface area contributed by atoms with Gasteiger partial charge in [-0.2, -0.15) is 0 Å². The van der Waals surface area contributed by atoms with E-state index in [-0.39, 0.29) is 30.4 Å². The molecule has 0 radical (unpaired) electrons. The van der Waals surface area contributed by atoms with E-state index >= 15 is 0 Å². The van der Waals surface area contributed by atoms with E-state index in [2.05, 4.69) is 4.98 Å². The number of carbonyl (C=O) groups excluding carboxylic acids is 2. The molecule has 1 aliphatic carbocycles. The molecule has 1 aromatic rings. The number of nitrogens with two attached hydrogens (primary N) is 1. The molecule has 1 saturated carbocycles. The third kappa shape index (κ3) is 3.29. The highest BCUT2D eigenvalue weighted by Gasteiger charge is 2.37. The van der Waals surface area contributed by atoms with Gasteiger partial charge >= 0.3 is 5.97 Å². The van der Waals surface area contributed by atoms with Gasteiger partial charge in [-0.15, -0.1) is 0 Å². The van der Waals surface area contributed by atoms with Gasteiger partial charge in [0.15, 0.2) is 18.2 Å². The van der Waals surface area contributed by atoms with Gasteiger partial charge in [0.05, 0.1) is 0 Å². The minimum Gasteiger partial charge on any atom is -0.480 e. The van der Waals surface area contributed by atoms with E-state index in [0.717, 1.165) is 25.7 Å². The Balaban J connectivity index is 1.83. The van der Waals surface area contributed by atoms with Crippen LogP contribution in [0.15, 0.2) is 12.1 Å². The first-order chi connectivity index (χ1) is 11.6. The Morgan fingerprint density at radius 2 is 2.17 bits per heavy atom. The quantitative estimate of drug-likeness (QED) is 0.847. The second-order valence-electron chi connectivity index (χ2n) is 6.23. The van der Waals surface area contributed by atoms with E-state index in [0.29, 0.717) is 18.0 Å². The molecule has 2 aliphatic rings. The highest BCUT2D eigenvalue weighted by atomic mass is 16.5. The predicted octanol–water partition coefficient (Wildman–Crippen LogP) is 2.04. The van der Waals surface area contributed by atoms with Gasteiger partial charge in [-0.25, -0.2) is 9.78 Å². The van der Waals surface area contributed by atoms with E-state index in [1.54, 1.807) is 12.1 Å². The molecule has 1 aliphatic heterocycles. The second-order valence-corrected chi connectivity index (χ2v) is 6.23. The molecular weight excluding hydrogens is 310 g/mol. The number of amides is 1. The third-order valence-electron chi connectivity index (χ3n) is 4.51. The lowest BCUT2D eigenvalue weighted by Gasteiger charge is -2.34. The van der Waals surface area contributed by atoms with Gasteiger partial charge in [-0.05, 0) is 44.2 Å². The fraction of sp³-hybridized carbons (Fsp3) is 0.588. The van der Waals surface area contributed by atoms with E-state index in [1.165, 1.54) is 11.3 Å². The van der Waals surface area contributed by atoms with Crippen molar-refractivity contribution in [3.05, 3.63) is 12.1 Å². The number of hydrogen-bond donors (Lipinski definition) is 1. The van der Waals surface area contributed by atoms with Gasteiger partial charge < -0.3 is 15.2 Å². The van der Waals surface area contributed by atoms with Crippen LogP contribution in [0.1, 0.15) is 45.4 Å². The number of anilines is 2. The monoisotopic (exact) mass is 333 g/mol. The zero-order valence-corrected chi connectivity index (χ0v) is 13.9. The highest BCUT2D eigenvalue weighted by Crippen LogP contribution is 2.33. The summed E-state index contributed by atoms with van der Waals surface area (Å²) in [6, 6.07) is 2.56. The molecule has 0 aromatic carbocycles. The fourth-order valence-electron chi connectivity index (χ4n) is 3.26. The number of rotatable bonds is 4. The highest BCUT2D eigenvalue weighted by molar-refractivity contribution is 6.02. The Kier molecular flexibility index (Phi) is 4.87. The standard InChI is InChI=1S/C17H23N3O4/c1-2-12(17(22)24-11-6-4-3-5-7-11)20-15(21)10-23-13-8-9-14(18)19-16(13)20/h8-9,11-12H,2-7,10H2,1H3,(H2,18,19). The van der Waals surface area contributed by atoms with Crippen LogP contribution in [0.5, 0.6) is 5.75 Å². The van der Waals surface area contributed by atoms with Crippen LogP contribution in [0.4, 0.5) is 11.6 Å². The molecule has 0 bridgehead atoms. The van der Waals surface area contributed by atoms with E-state index < -0.39 is 6.04 Å². The molecule has 1 fully saturated rings. The topological polar surface area (TPSA) is 94.8 Å². The van der Waals surface area contributed by atoms with Crippen LogP contribution in [-0.2, 0) is 14.3 Å². The summed E-state index contributed by atoms with van der Waals surface area (Å²) in [6.07, 6.45) is 5.50. The van der Waals surface area contributed by atoms with Crippen molar-refractivity contribution in [2.45, 2.75) is 57.6 Å². The lowest BCUT2D eigenvalue weighted by molar-refractivity contribution is -0.153. The molecule has 24 heavy (non-hydrogen) atoms. The van der Waals surface area contributed by atoms with Crippen molar-refractivity contribution in [1.82, 2.24) is 4.98 Å². The molecule has 3 rings (SSSR count). The maximum Gasteiger partial charge on any atom is 0.329 e. The van der Waals surface area contributed by atoms with Crippen LogP contribution in [0, 0.1) is 0 Å². The number of fused-ring (bicyclic) bond motifs is 1. The van der Waals surface area contributed by atoms with Crippen LogP contribution in [0.3, 0.4) is 0 Å². The number of ether oxygens (including phenoxy) is 2. The average molecular weight is 333 g/mol. The summed E-state index contributed by atoms with van der Waals surface area (Å²) in [7, 11) is 0. The third-order valence-corrected chi connectivity index (χ3v) is 4.51. The van der Waals surface area contributed by atoms with E-state index in [9.17, 15) is 9.59 Å². The number of esters is 1. The molecule has 1 amide bonds. The molecule has 130 valence electrons. The molecule has 2 heterocycles. The number of nitrogens with zero attached hydrogens (tertiary/aromatic N) is 2. The maximum atomic E-state index is 12.7. The molecular formula is C17H23N3O4. The van der Waals surface area contributed by atoms with E-state index in [4.69, 9.17) is 15.2 Å². The molecule has 1 aromatic heterocycles. The first-order valence-electron chi connectivity index (χ1n) is 8.52. The van der Waals surface area contributed by atoms with Crippen LogP contribution in [0.25, 0.3) is 0 Å². The van der Waals surface area contributed by atoms with Crippen molar-refractivity contribution >= 4 is 23.5 Å². The number of aromatic nitrogens is 1. The number of hydrogen-bond acceptors (Lipinski definition) is 6. The van der Waals surface area contributed by atoms with Gasteiger partial charge in [0.2, 0.25) is 0 Å². The summed E-state index contributed by atoms with van der Waals surface area (Å²) in [4.78, 5) is 30.6. The van der Waals surface area contributed by atoms with Crippen molar-refractivity contribution in [2.75, 3.05) is 17.2 Å². The van der Waals surface area contributed by atoms with Gasteiger partial charge in [-0.1, -0.05) is 13.3 Å². The molecule has 7 nitrogen and oxygen atoms in total. The van der Waals surface area contributed by atoms with Crippen molar-refractivity contribution < 1.29 is 19.1 Å². The van der Waals surface area contributed by atoms with Crippen molar-refractivity contribution in [3.8, 4) is 5.75 Å². The molecule has 1 atom stereocenters. The number of pyridine rings is 1. The summed E-state index contributed by atoms with van der Waals surface area (Å²) in [5, 5.41) is 0.